The van der Waals surface area contributed by atoms with E-state index in [2.05, 4.69) is 10.4 Å². The molecule has 0 aromatic heterocycles. The Morgan fingerprint density at radius 1 is 1.45 bits per heavy atom. The van der Waals surface area contributed by atoms with Crippen molar-refractivity contribution >= 4 is 33.4 Å². The Hall–Kier alpha value is -1.91. The third-order valence-corrected chi connectivity index (χ3v) is 3.34. The van der Waals surface area contributed by atoms with Crippen LogP contribution in [0, 0.1) is 0 Å². The van der Waals surface area contributed by atoms with E-state index in [1.165, 1.54) is 6.07 Å². The molecule has 0 saturated heterocycles. The summed E-state index contributed by atoms with van der Waals surface area (Å²) in [6, 6.07) is 3.29. The van der Waals surface area contributed by atoms with Crippen molar-refractivity contribution in [3.8, 4) is 0 Å². The predicted octanol–water partition coefficient (Wildman–Crippen LogP) is 1.83. The average molecular weight is 325 g/mol. The molecule has 1 aliphatic heterocycles. The molecule has 1 heterocycles. The number of nitrogens with one attached hydrogen (secondary N) is 2. The summed E-state index contributed by atoms with van der Waals surface area (Å²) in [5.41, 5.74) is 2.02. The largest absolute Gasteiger partial charge is 0.339 e. The van der Waals surface area contributed by atoms with Gasteiger partial charge in [0.15, 0.2) is 0 Å². The zero-order chi connectivity index (χ0) is 14.9. The van der Waals surface area contributed by atoms with Crippen molar-refractivity contribution in [3.05, 3.63) is 35.1 Å². The van der Waals surface area contributed by atoms with Crippen molar-refractivity contribution in [1.82, 2.24) is 10.8 Å². The lowest BCUT2D eigenvalue weighted by Crippen LogP contribution is -2.33. The molecule has 0 unspecified atom stereocenters. The smallest absolute Gasteiger partial charge is 0.294 e. The Morgan fingerprint density at radius 2 is 2.15 bits per heavy atom. The third kappa shape index (κ3) is 3.35. The molecule has 2 rings (SSSR count). The zero-order valence-electron chi connectivity index (χ0n) is 9.51. The molecular weight excluding hydrogens is 318 g/mol. The van der Waals surface area contributed by atoms with E-state index >= 15 is 0 Å². The normalized spacial score (nSPS) is 15.3. The van der Waals surface area contributed by atoms with Gasteiger partial charge in [0.2, 0.25) is 5.97 Å². The quantitative estimate of drug-likeness (QED) is 0.580. The van der Waals surface area contributed by atoms with Crippen LogP contribution in [0.1, 0.15) is 0 Å². The van der Waals surface area contributed by atoms with Crippen molar-refractivity contribution in [2.45, 2.75) is 4.90 Å². The fourth-order valence-electron chi connectivity index (χ4n) is 1.36. The van der Waals surface area contributed by atoms with Crippen LogP contribution in [-0.2, 0) is 10.1 Å². The van der Waals surface area contributed by atoms with Gasteiger partial charge in [-0.05, 0) is 23.5 Å². The Labute approximate surface area is 117 Å². The summed E-state index contributed by atoms with van der Waals surface area (Å²) in [5.74, 6) is -1.29. The Kier molecular flexibility index (Phi) is 3.79. The summed E-state index contributed by atoms with van der Waals surface area (Å²) in [6.45, 7) is 0. The van der Waals surface area contributed by atoms with E-state index in [9.17, 15) is 17.3 Å². The van der Waals surface area contributed by atoms with Gasteiger partial charge in [-0.15, -0.1) is 0 Å². The highest BCUT2D eigenvalue weighted by Crippen LogP contribution is 2.26. The van der Waals surface area contributed by atoms with E-state index in [1.807, 2.05) is 5.43 Å². The number of halogens is 3. The van der Waals surface area contributed by atoms with Crippen LogP contribution in [0.25, 0.3) is 0 Å². The molecule has 0 atom stereocenters. The minimum Gasteiger partial charge on any atom is -0.339 e. The first-order chi connectivity index (χ1) is 9.25. The van der Waals surface area contributed by atoms with Gasteiger partial charge in [-0.2, -0.15) is 12.8 Å². The van der Waals surface area contributed by atoms with E-state index in [4.69, 9.17) is 16.2 Å². The van der Waals surface area contributed by atoms with Gasteiger partial charge < -0.3 is 5.32 Å². The molecule has 1 aliphatic rings. The lowest BCUT2D eigenvalue weighted by Gasteiger charge is -2.19. The minimum atomic E-state index is -4.43. The number of hydrogen-bond acceptors (Lipinski definition) is 6. The summed E-state index contributed by atoms with van der Waals surface area (Å²) in [4.78, 5) is -0.424. The Balaban J connectivity index is 2.32. The lowest BCUT2D eigenvalue weighted by atomic mass is 10.3. The second-order valence-corrected chi connectivity index (χ2v) is 5.42. The van der Waals surface area contributed by atoms with Gasteiger partial charge in [0.1, 0.15) is 5.82 Å². The highest BCUT2D eigenvalue weighted by molar-refractivity contribution is 7.85. The minimum absolute atomic E-state index is 0.0173. The highest BCUT2D eigenvalue weighted by atomic mass is 35.5. The highest BCUT2D eigenvalue weighted by Gasteiger charge is 2.16. The molecule has 1 aromatic rings. The first-order valence-electron chi connectivity index (χ1n) is 4.98. The van der Waals surface area contributed by atoms with Crippen molar-refractivity contribution < 1.29 is 21.8 Å². The van der Waals surface area contributed by atoms with Crippen molar-refractivity contribution in [1.29, 1.82) is 0 Å². The van der Waals surface area contributed by atoms with Gasteiger partial charge >= 0.3 is 0 Å². The Morgan fingerprint density at radius 3 is 2.75 bits per heavy atom. The molecule has 0 aliphatic carbocycles. The number of nitrogens with zero attached hydrogens (tertiary/aromatic N) is 2. The zero-order valence-corrected chi connectivity index (χ0v) is 11.1. The summed E-state index contributed by atoms with van der Waals surface area (Å²) in [7, 11) is -4.43. The number of anilines is 1. The Bertz CT molecular complexity index is 707. The van der Waals surface area contributed by atoms with Crippen LogP contribution >= 0.6 is 11.6 Å². The molecule has 0 radical (unpaired) electrons. The average Bonchev–Trinajstić information content (AvgIpc) is 2.29. The van der Waals surface area contributed by atoms with Gasteiger partial charge in [0, 0.05) is 6.08 Å². The molecule has 108 valence electrons. The van der Waals surface area contributed by atoms with Crippen LogP contribution in [0.4, 0.5) is 14.6 Å². The van der Waals surface area contributed by atoms with Crippen LogP contribution < -0.4 is 10.7 Å². The molecular formula is C9H7ClF2N4O3S. The number of rotatable bonds is 3. The number of allylic oxidation sites excluding steroid dienone is 1. The van der Waals surface area contributed by atoms with E-state index in [0.29, 0.717) is 0 Å². The van der Waals surface area contributed by atoms with Crippen LogP contribution in [0.5, 0.6) is 0 Å². The maximum Gasteiger partial charge on any atom is 0.294 e. The number of hydrazine groups is 1. The van der Waals surface area contributed by atoms with E-state index in [1.54, 1.807) is 0 Å². The first kappa shape index (κ1) is 14.5. The lowest BCUT2D eigenvalue weighted by molar-refractivity contribution is -0.0198. The van der Waals surface area contributed by atoms with E-state index in [0.717, 1.165) is 18.2 Å². The van der Waals surface area contributed by atoms with Gasteiger partial charge in [0.25, 0.3) is 10.1 Å². The number of hydrogen-bond donors (Lipinski definition) is 3. The fourth-order valence-corrected chi connectivity index (χ4v) is 2.03. The molecule has 11 heteroatoms. The molecule has 0 bridgehead atoms. The second kappa shape index (κ2) is 5.23. The topological polar surface area (TPSA) is 94.0 Å². The van der Waals surface area contributed by atoms with Crippen molar-refractivity contribution in [3.63, 3.8) is 0 Å². The number of hydrazone groups is 1. The molecule has 7 nitrogen and oxygen atoms in total. The van der Waals surface area contributed by atoms with Crippen molar-refractivity contribution in [2.24, 2.45) is 5.10 Å². The number of benzene rings is 1. The third-order valence-electron chi connectivity index (χ3n) is 2.16. The van der Waals surface area contributed by atoms with Crippen LogP contribution in [0.3, 0.4) is 0 Å². The van der Waals surface area contributed by atoms with Gasteiger partial charge in [-0.25, -0.2) is 5.43 Å². The summed E-state index contributed by atoms with van der Waals surface area (Å²) < 4.78 is 56.6. The van der Waals surface area contributed by atoms with Gasteiger partial charge in [-0.1, -0.05) is 21.2 Å². The first-order valence-corrected chi connectivity index (χ1v) is 6.80. The summed E-state index contributed by atoms with van der Waals surface area (Å²) in [5, 5.41) is 4.94. The molecule has 3 N–H and O–H groups in total. The molecule has 0 amide bonds. The van der Waals surface area contributed by atoms with Crippen LogP contribution in [0.15, 0.2) is 40.1 Å². The second-order valence-electron chi connectivity index (χ2n) is 3.59. The monoisotopic (exact) mass is 324 g/mol. The maximum absolute atomic E-state index is 12.9. The maximum atomic E-state index is 12.9. The van der Waals surface area contributed by atoms with Crippen LogP contribution in [0.2, 0.25) is 5.02 Å². The molecule has 0 saturated carbocycles. The SMILES string of the molecule is O=S(=O)(O)c1ccc(Cl)c(NC2=CC(F)=NN(F)N2)c1. The molecule has 1 aromatic carbocycles. The summed E-state index contributed by atoms with van der Waals surface area (Å²) >= 11 is 5.81. The van der Waals surface area contributed by atoms with Crippen molar-refractivity contribution in [2.75, 3.05) is 5.32 Å². The summed E-state index contributed by atoms with van der Waals surface area (Å²) in [6.07, 6.45) is 0.826. The van der Waals surface area contributed by atoms with Gasteiger partial charge in [0.05, 0.1) is 15.6 Å². The molecule has 0 spiro atoms. The van der Waals surface area contributed by atoms with Gasteiger partial charge in [-0.3, -0.25) is 4.55 Å². The standard InChI is InChI=1S/C9H7ClF2N4O3S/c10-6-2-1-5(20(17,18)19)3-7(6)13-9-4-8(11)14-16(12)15-9/h1-4,13,15H,(H,17,18,19). The van der Waals surface area contributed by atoms with E-state index < -0.39 is 21.0 Å². The predicted molar refractivity (Wildman–Crippen MR) is 67.6 cm³/mol. The molecule has 0 fully saturated rings. The van der Waals surface area contributed by atoms with E-state index in [-0.39, 0.29) is 21.9 Å². The van der Waals surface area contributed by atoms with Crippen LogP contribution in [-0.4, -0.2) is 24.3 Å². The fraction of sp³-hybridized carbons (Fsp3) is 0. The molecule has 20 heavy (non-hydrogen) atoms.